The summed E-state index contributed by atoms with van der Waals surface area (Å²) >= 11 is 1.74. The summed E-state index contributed by atoms with van der Waals surface area (Å²) in [6, 6.07) is 20.2. The number of nitrogens with one attached hydrogen (secondary N) is 1. The van der Waals surface area contributed by atoms with Crippen LogP contribution in [0.15, 0.2) is 70.0 Å². The Balaban J connectivity index is 1.43. The van der Waals surface area contributed by atoms with E-state index in [0.717, 1.165) is 18.7 Å². The highest BCUT2D eigenvalue weighted by Gasteiger charge is 2.12. The molecule has 2 aromatic carbocycles. The van der Waals surface area contributed by atoms with Gasteiger partial charge >= 0.3 is 0 Å². The molecular formula is C24H28N2O2S. The van der Waals surface area contributed by atoms with Gasteiger partial charge in [-0.2, -0.15) is 0 Å². The van der Waals surface area contributed by atoms with E-state index >= 15 is 0 Å². The number of anilines is 1. The van der Waals surface area contributed by atoms with Gasteiger partial charge in [0, 0.05) is 30.7 Å². The van der Waals surface area contributed by atoms with Crippen molar-refractivity contribution in [1.82, 2.24) is 5.32 Å². The van der Waals surface area contributed by atoms with Gasteiger partial charge in [0.25, 0.3) is 5.91 Å². The number of carbonyl (C=O) groups is 1. The maximum Gasteiger partial charge on any atom is 0.286 e. The van der Waals surface area contributed by atoms with Crippen molar-refractivity contribution in [2.45, 2.75) is 30.9 Å². The summed E-state index contributed by atoms with van der Waals surface area (Å²) in [6.07, 6.45) is 0.868. The summed E-state index contributed by atoms with van der Waals surface area (Å²) in [7, 11) is 2.06. The van der Waals surface area contributed by atoms with Crippen LogP contribution in [0.25, 0.3) is 0 Å². The Bertz CT molecular complexity index is 917. The first-order valence-corrected chi connectivity index (χ1v) is 10.9. The number of nitrogens with zero attached hydrogens (tertiary/aromatic N) is 1. The average molecular weight is 409 g/mol. The van der Waals surface area contributed by atoms with Gasteiger partial charge in [0.15, 0.2) is 5.76 Å². The van der Waals surface area contributed by atoms with E-state index in [-0.39, 0.29) is 5.91 Å². The van der Waals surface area contributed by atoms with Crippen molar-refractivity contribution < 1.29 is 9.21 Å². The molecule has 0 spiro atoms. The monoisotopic (exact) mass is 408 g/mol. The van der Waals surface area contributed by atoms with E-state index in [9.17, 15) is 4.79 Å². The van der Waals surface area contributed by atoms with Gasteiger partial charge in [-0.1, -0.05) is 36.4 Å². The zero-order valence-corrected chi connectivity index (χ0v) is 18.1. The molecule has 4 nitrogen and oxygen atoms in total. The normalized spacial score (nSPS) is 10.7. The second-order valence-corrected chi connectivity index (χ2v) is 8.13. The first kappa shape index (κ1) is 21.1. The Morgan fingerprint density at radius 3 is 2.45 bits per heavy atom. The highest BCUT2D eigenvalue weighted by atomic mass is 32.2. The van der Waals surface area contributed by atoms with Gasteiger partial charge in [-0.15, -0.1) is 11.8 Å². The second-order valence-electron chi connectivity index (χ2n) is 7.14. The van der Waals surface area contributed by atoms with Crippen molar-refractivity contribution in [3.05, 3.63) is 83.3 Å². The SMILES string of the molecule is Cc1cccc(C)c1SCc1ccc(C(=O)NCCCN(C)c2ccccc2)o1. The van der Waals surface area contributed by atoms with Crippen LogP contribution in [0.2, 0.25) is 0 Å². The van der Waals surface area contributed by atoms with E-state index < -0.39 is 0 Å². The fraction of sp³-hybridized carbons (Fsp3) is 0.292. The zero-order valence-electron chi connectivity index (χ0n) is 17.3. The molecule has 5 heteroatoms. The van der Waals surface area contributed by atoms with Gasteiger partial charge in [-0.05, 0) is 55.7 Å². The smallest absolute Gasteiger partial charge is 0.286 e. The lowest BCUT2D eigenvalue weighted by molar-refractivity contribution is 0.0924. The van der Waals surface area contributed by atoms with Gasteiger partial charge in [-0.25, -0.2) is 0 Å². The van der Waals surface area contributed by atoms with Crippen molar-refractivity contribution in [1.29, 1.82) is 0 Å². The number of rotatable bonds is 9. The van der Waals surface area contributed by atoms with Gasteiger partial charge < -0.3 is 14.6 Å². The number of thioether (sulfide) groups is 1. The zero-order chi connectivity index (χ0) is 20.6. The summed E-state index contributed by atoms with van der Waals surface area (Å²) in [5.74, 6) is 1.74. The average Bonchev–Trinajstić information content (AvgIpc) is 3.20. The van der Waals surface area contributed by atoms with E-state index in [4.69, 9.17) is 4.42 Å². The minimum Gasteiger partial charge on any atom is -0.455 e. The van der Waals surface area contributed by atoms with Crippen molar-refractivity contribution in [3.8, 4) is 0 Å². The molecule has 152 valence electrons. The summed E-state index contributed by atoms with van der Waals surface area (Å²) in [5.41, 5.74) is 3.70. The number of carbonyl (C=O) groups excluding carboxylic acids is 1. The molecular weight excluding hydrogens is 380 g/mol. The molecule has 3 rings (SSSR count). The number of para-hydroxylation sites is 1. The third-order valence-electron chi connectivity index (χ3n) is 4.81. The van der Waals surface area contributed by atoms with Crippen LogP contribution < -0.4 is 10.2 Å². The third-order valence-corrected chi connectivity index (χ3v) is 6.17. The number of benzene rings is 2. The molecule has 29 heavy (non-hydrogen) atoms. The van der Waals surface area contributed by atoms with Gasteiger partial charge in [0.1, 0.15) is 5.76 Å². The quantitative estimate of drug-likeness (QED) is 0.378. The summed E-state index contributed by atoms with van der Waals surface area (Å²) in [5, 5.41) is 2.94. The molecule has 0 radical (unpaired) electrons. The fourth-order valence-corrected chi connectivity index (χ4v) is 4.20. The molecule has 0 saturated heterocycles. The molecule has 0 bridgehead atoms. The van der Waals surface area contributed by atoms with Crippen molar-refractivity contribution in [2.75, 3.05) is 25.0 Å². The lowest BCUT2D eigenvalue weighted by Gasteiger charge is -2.19. The van der Waals surface area contributed by atoms with Crippen LogP contribution >= 0.6 is 11.8 Å². The summed E-state index contributed by atoms with van der Waals surface area (Å²) < 4.78 is 5.75. The van der Waals surface area contributed by atoms with E-state index in [0.29, 0.717) is 18.1 Å². The molecule has 0 aliphatic rings. The standard InChI is InChI=1S/C24H28N2O2S/c1-18-9-7-10-19(2)23(18)29-17-21-13-14-22(28-21)24(27)25-15-8-16-26(3)20-11-5-4-6-12-20/h4-7,9-14H,8,15-17H2,1-3H3,(H,25,27). The van der Waals surface area contributed by atoms with E-state index in [1.807, 2.05) is 24.3 Å². The minimum absolute atomic E-state index is 0.157. The van der Waals surface area contributed by atoms with Crippen LogP contribution in [-0.2, 0) is 5.75 Å². The third kappa shape index (κ3) is 5.91. The fourth-order valence-electron chi connectivity index (χ4n) is 3.16. The Morgan fingerprint density at radius 1 is 1.00 bits per heavy atom. The molecule has 1 heterocycles. The molecule has 1 N–H and O–H groups in total. The number of aryl methyl sites for hydroxylation is 2. The predicted molar refractivity (Wildman–Crippen MR) is 121 cm³/mol. The van der Waals surface area contributed by atoms with Gasteiger partial charge in [0.2, 0.25) is 0 Å². The van der Waals surface area contributed by atoms with E-state index in [2.05, 4.69) is 61.4 Å². The molecule has 0 aliphatic heterocycles. The van der Waals surface area contributed by atoms with Gasteiger partial charge in [-0.3, -0.25) is 4.79 Å². The molecule has 0 saturated carbocycles. The highest BCUT2D eigenvalue weighted by molar-refractivity contribution is 7.98. The highest BCUT2D eigenvalue weighted by Crippen LogP contribution is 2.29. The first-order chi connectivity index (χ1) is 14.0. The first-order valence-electron chi connectivity index (χ1n) is 9.86. The molecule has 3 aromatic rings. The van der Waals surface area contributed by atoms with Crippen LogP contribution in [0.4, 0.5) is 5.69 Å². The summed E-state index contributed by atoms with van der Waals surface area (Å²) in [6.45, 7) is 5.72. The molecule has 1 amide bonds. The Morgan fingerprint density at radius 2 is 1.72 bits per heavy atom. The van der Waals surface area contributed by atoms with E-state index in [1.54, 1.807) is 17.8 Å². The Hall–Kier alpha value is -2.66. The number of hydrogen-bond donors (Lipinski definition) is 1. The van der Waals surface area contributed by atoms with Crippen LogP contribution in [0.3, 0.4) is 0 Å². The van der Waals surface area contributed by atoms with Crippen molar-refractivity contribution >= 4 is 23.4 Å². The molecule has 1 aromatic heterocycles. The molecule has 0 aliphatic carbocycles. The Kier molecular flexibility index (Phi) is 7.42. The predicted octanol–water partition coefficient (Wildman–Crippen LogP) is 5.45. The minimum atomic E-state index is -0.157. The largest absolute Gasteiger partial charge is 0.455 e. The molecule has 0 unspecified atom stereocenters. The lowest BCUT2D eigenvalue weighted by Crippen LogP contribution is -2.27. The van der Waals surface area contributed by atoms with Crippen molar-refractivity contribution in [2.24, 2.45) is 0 Å². The van der Waals surface area contributed by atoms with Crippen LogP contribution in [-0.4, -0.2) is 26.0 Å². The molecule has 0 atom stereocenters. The van der Waals surface area contributed by atoms with Gasteiger partial charge in [0.05, 0.1) is 5.75 Å². The molecule has 0 fully saturated rings. The maximum atomic E-state index is 12.3. The van der Waals surface area contributed by atoms with E-state index in [1.165, 1.54) is 21.7 Å². The Labute approximate surface area is 177 Å². The van der Waals surface area contributed by atoms with Crippen molar-refractivity contribution in [3.63, 3.8) is 0 Å². The number of hydrogen-bond acceptors (Lipinski definition) is 4. The topological polar surface area (TPSA) is 45.5 Å². The second kappa shape index (κ2) is 10.2. The maximum absolute atomic E-state index is 12.3. The number of amides is 1. The van der Waals surface area contributed by atoms with Crippen LogP contribution in [0.1, 0.15) is 33.9 Å². The summed E-state index contributed by atoms with van der Waals surface area (Å²) in [4.78, 5) is 15.8. The van der Waals surface area contributed by atoms with Crippen LogP contribution in [0.5, 0.6) is 0 Å². The van der Waals surface area contributed by atoms with Crippen LogP contribution in [0, 0.1) is 13.8 Å². The number of furan rings is 1. The lowest BCUT2D eigenvalue weighted by atomic mass is 10.2.